The molecule has 0 saturated carbocycles. The molecule has 0 radical (unpaired) electrons. The predicted molar refractivity (Wildman–Crippen MR) is 145 cm³/mol. The van der Waals surface area contributed by atoms with Gasteiger partial charge in [-0.25, -0.2) is 0 Å². The number of amides is 1. The Morgan fingerprint density at radius 2 is 1.77 bits per heavy atom. The molecule has 1 saturated heterocycles. The molecule has 35 heavy (non-hydrogen) atoms. The fraction of sp³-hybridized carbons (Fsp3) is 0.433. The van der Waals surface area contributed by atoms with Gasteiger partial charge in [0.2, 0.25) is 5.91 Å². The smallest absolute Gasteiger partial charge is 0.221 e. The van der Waals surface area contributed by atoms with Crippen LogP contribution < -0.4 is 10.1 Å². The Balaban J connectivity index is 1.47. The van der Waals surface area contributed by atoms with Crippen LogP contribution in [0.15, 0.2) is 54.6 Å². The first-order valence-corrected chi connectivity index (χ1v) is 13.8. The molecular weight excluding hydrogens is 452 g/mol. The first-order chi connectivity index (χ1) is 17.1. The first-order valence-electron chi connectivity index (χ1n) is 13.0. The second kappa shape index (κ2) is 11.0. The van der Waals surface area contributed by atoms with Crippen LogP contribution in [0, 0.1) is 5.92 Å². The molecule has 1 unspecified atom stereocenters. The Morgan fingerprint density at radius 1 is 1.06 bits per heavy atom. The predicted octanol–water partition coefficient (Wildman–Crippen LogP) is 6.64. The van der Waals surface area contributed by atoms with E-state index in [2.05, 4.69) is 64.8 Å². The fourth-order valence-electron chi connectivity index (χ4n) is 5.84. The van der Waals surface area contributed by atoms with Crippen molar-refractivity contribution in [1.29, 1.82) is 0 Å². The maximum atomic E-state index is 12.2. The van der Waals surface area contributed by atoms with Crippen LogP contribution in [-0.4, -0.2) is 31.0 Å². The molecule has 0 spiro atoms. The number of ether oxygens (including phenoxy) is 1. The van der Waals surface area contributed by atoms with Crippen molar-refractivity contribution in [3.63, 3.8) is 0 Å². The number of rotatable bonds is 7. The molecule has 1 fully saturated rings. The van der Waals surface area contributed by atoms with Crippen LogP contribution in [-0.2, 0) is 24.1 Å². The highest BCUT2D eigenvalue weighted by molar-refractivity contribution is 7.16. The summed E-state index contributed by atoms with van der Waals surface area (Å²) in [6.07, 6.45) is 8.26. The van der Waals surface area contributed by atoms with Crippen molar-refractivity contribution < 1.29 is 9.53 Å². The van der Waals surface area contributed by atoms with Crippen molar-refractivity contribution in [2.24, 2.45) is 5.92 Å². The minimum Gasteiger partial charge on any atom is -0.497 e. The Morgan fingerprint density at radius 3 is 2.46 bits per heavy atom. The van der Waals surface area contributed by atoms with Gasteiger partial charge in [0.05, 0.1) is 13.2 Å². The van der Waals surface area contributed by atoms with Crippen LogP contribution in [0.4, 0.5) is 5.00 Å². The van der Waals surface area contributed by atoms with Gasteiger partial charge < -0.3 is 10.1 Å². The molecule has 5 heteroatoms. The molecular formula is C30H36N2O2S. The van der Waals surface area contributed by atoms with E-state index in [1.54, 1.807) is 25.4 Å². The summed E-state index contributed by atoms with van der Waals surface area (Å²) in [4.78, 5) is 16.3. The first kappa shape index (κ1) is 24.1. The number of carbonyl (C=O) groups is 1. The number of benzene rings is 2. The molecule has 1 aromatic heterocycles. The minimum absolute atomic E-state index is 0.0138. The van der Waals surface area contributed by atoms with Gasteiger partial charge in [0.15, 0.2) is 0 Å². The molecule has 2 aromatic carbocycles. The van der Waals surface area contributed by atoms with Gasteiger partial charge in [0.25, 0.3) is 0 Å². The number of methoxy groups -OCH3 is 1. The van der Waals surface area contributed by atoms with Gasteiger partial charge in [0, 0.05) is 17.4 Å². The topological polar surface area (TPSA) is 41.6 Å². The summed E-state index contributed by atoms with van der Waals surface area (Å²) in [5.74, 6) is 1.61. The summed E-state index contributed by atoms with van der Waals surface area (Å²) >= 11 is 1.80. The van der Waals surface area contributed by atoms with E-state index in [9.17, 15) is 4.79 Å². The standard InChI is InChI=1S/C30H36N2O2S/c1-21(33)31-30-28(26-10-6-7-11-27(26)35-30)29(24-12-14-25(34-2)15-13-24)32-18-16-23(17-19-32)20-22-8-4-3-5-9-22/h3-5,8-9,12-15,23,29H,6-7,10-11,16-20H2,1-2H3,(H,31,33). The molecule has 1 atom stereocenters. The lowest BCUT2D eigenvalue weighted by atomic mass is 9.85. The van der Waals surface area contributed by atoms with Gasteiger partial charge >= 0.3 is 0 Å². The summed E-state index contributed by atoms with van der Waals surface area (Å²) in [7, 11) is 1.72. The van der Waals surface area contributed by atoms with Gasteiger partial charge in [0.1, 0.15) is 10.8 Å². The second-order valence-electron chi connectivity index (χ2n) is 9.98. The van der Waals surface area contributed by atoms with E-state index >= 15 is 0 Å². The summed E-state index contributed by atoms with van der Waals surface area (Å²) in [5.41, 5.74) is 5.55. The number of nitrogens with one attached hydrogen (secondary N) is 1. The molecule has 184 valence electrons. The lowest BCUT2D eigenvalue weighted by molar-refractivity contribution is -0.114. The van der Waals surface area contributed by atoms with Crippen molar-refractivity contribution in [2.45, 2.75) is 57.9 Å². The molecule has 2 heterocycles. The van der Waals surface area contributed by atoms with Crippen LogP contribution in [0.25, 0.3) is 0 Å². The average molecular weight is 489 g/mol. The number of thiophene rings is 1. The third-order valence-corrected chi connectivity index (χ3v) is 8.81. The monoisotopic (exact) mass is 488 g/mol. The SMILES string of the molecule is COc1ccc(C(c2c(NC(C)=O)sc3c2CCCC3)N2CCC(Cc3ccccc3)CC2)cc1. The Bertz CT molecular complexity index is 1130. The summed E-state index contributed by atoms with van der Waals surface area (Å²) in [5, 5.41) is 4.26. The lowest BCUT2D eigenvalue weighted by Crippen LogP contribution is -2.38. The maximum Gasteiger partial charge on any atom is 0.221 e. The van der Waals surface area contributed by atoms with Crippen LogP contribution in [0.5, 0.6) is 5.75 Å². The quantitative estimate of drug-likeness (QED) is 0.405. The summed E-state index contributed by atoms with van der Waals surface area (Å²) in [6.45, 7) is 3.76. The molecule has 1 N–H and O–H groups in total. The molecule has 3 aromatic rings. The Kier molecular flexibility index (Phi) is 7.54. The van der Waals surface area contributed by atoms with E-state index in [1.165, 1.54) is 52.8 Å². The van der Waals surface area contributed by atoms with E-state index in [0.717, 1.165) is 49.0 Å². The van der Waals surface area contributed by atoms with Gasteiger partial charge in [-0.3, -0.25) is 9.69 Å². The average Bonchev–Trinajstić information content (AvgIpc) is 3.23. The number of anilines is 1. The van der Waals surface area contributed by atoms with Crippen molar-refractivity contribution in [3.8, 4) is 5.75 Å². The summed E-state index contributed by atoms with van der Waals surface area (Å²) in [6, 6.07) is 19.6. The number of aryl methyl sites for hydroxylation is 1. The highest BCUT2D eigenvalue weighted by atomic mass is 32.1. The van der Waals surface area contributed by atoms with Crippen LogP contribution in [0.1, 0.15) is 65.8 Å². The molecule has 1 amide bonds. The van der Waals surface area contributed by atoms with E-state index in [4.69, 9.17) is 4.74 Å². The zero-order valence-electron chi connectivity index (χ0n) is 20.9. The Hall–Kier alpha value is -2.63. The van der Waals surface area contributed by atoms with Crippen molar-refractivity contribution in [2.75, 3.05) is 25.5 Å². The minimum atomic E-state index is 0.0138. The van der Waals surface area contributed by atoms with Crippen molar-refractivity contribution in [1.82, 2.24) is 4.90 Å². The second-order valence-corrected chi connectivity index (χ2v) is 11.1. The lowest BCUT2D eigenvalue weighted by Gasteiger charge is -2.39. The van der Waals surface area contributed by atoms with Crippen LogP contribution >= 0.6 is 11.3 Å². The van der Waals surface area contributed by atoms with E-state index < -0.39 is 0 Å². The van der Waals surface area contributed by atoms with E-state index in [-0.39, 0.29) is 11.9 Å². The van der Waals surface area contributed by atoms with E-state index in [1.807, 2.05) is 0 Å². The summed E-state index contributed by atoms with van der Waals surface area (Å²) < 4.78 is 5.45. The van der Waals surface area contributed by atoms with Crippen molar-refractivity contribution >= 4 is 22.2 Å². The molecule has 0 bridgehead atoms. The normalized spacial score (nSPS) is 17.5. The fourth-order valence-corrected chi connectivity index (χ4v) is 7.21. The van der Waals surface area contributed by atoms with E-state index in [0.29, 0.717) is 0 Å². The molecule has 2 aliphatic rings. The highest BCUT2D eigenvalue weighted by Crippen LogP contribution is 2.46. The zero-order chi connectivity index (χ0) is 24.2. The van der Waals surface area contributed by atoms with Crippen LogP contribution in [0.3, 0.4) is 0 Å². The number of fused-ring (bicyclic) bond motifs is 1. The van der Waals surface area contributed by atoms with Crippen molar-refractivity contribution in [3.05, 3.63) is 81.7 Å². The maximum absolute atomic E-state index is 12.2. The molecule has 1 aliphatic carbocycles. The molecule has 4 nitrogen and oxygen atoms in total. The largest absolute Gasteiger partial charge is 0.497 e. The van der Waals surface area contributed by atoms with Gasteiger partial charge in [-0.1, -0.05) is 42.5 Å². The number of nitrogens with zero attached hydrogens (tertiary/aromatic N) is 1. The molecule has 5 rings (SSSR count). The zero-order valence-corrected chi connectivity index (χ0v) is 21.7. The highest BCUT2D eigenvalue weighted by Gasteiger charge is 2.34. The Labute approximate surface area is 213 Å². The number of piperidine rings is 1. The third kappa shape index (κ3) is 5.46. The van der Waals surface area contributed by atoms with Gasteiger partial charge in [-0.15, -0.1) is 11.3 Å². The third-order valence-electron chi connectivity index (χ3n) is 7.59. The molecule has 1 aliphatic heterocycles. The number of hydrogen-bond acceptors (Lipinski definition) is 4. The van der Waals surface area contributed by atoms with Crippen LogP contribution in [0.2, 0.25) is 0 Å². The van der Waals surface area contributed by atoms with Gasteiger partial charge in [-0.05, 0) is 92.8 Å². The van der Waals surface area contributed by atoms with Gasteiger partial charge in [-0.2, -0.15) is 0 Å². The number of hydrogen-bond donors (Lipinski definition) is 1. The number of carbonyl (C=O) groups excluding carboxylic acids is 1. The number of likely N-dealkylation sites (tertiary alicyclic amines) is 1.